The van der Waals surface area contributed by atoms with Crippen LogP contribution in [0.5, 0.6) is 0 Å². The van der Waals surface area contributed by atoms with E-state index in [2.05, 4.69) is 29.9 Å². The normalized spacial score (nSPS) is 11.2. The van der Waals surface area contributed by atoms with Crippen molar-refractivity contribution in [3.63, 3.8) is 0 Å². The average molecular weight is 529 g/mol. The minimum Gasteiger partial charge on any atom is -0.284 e. The molecule has 8 nitrogen and oxygen atoms in total. The van der Waals surface area contributed by atoms with Crippen LogP contribution >= 0.6 is 0 Å². The molecule has 192 valence electrons. The number of imidazole rings is 2. The Hall–Kier alpha value is -5.64. The number of hydrogen-bond donors (Lipinski definition) is 0. The molecule has 0 fully saturated rings. The highest BCUT2D eigenvalue weighted by Crippen LogP contribution is 2.22. The highest BCUT2D eigenvalue weighted by atomic mass is 19.2. The molecule has 40 heavy (non-hydrogen) atoms. The van der Waals surface area contributed by atoms with Gasteiger partial charge in [0.2, 0.25) is 11.6 Å². The lowest BCUT2D eigenvalue weighted by molar-refractivity contribution is 0.510. The summed E-state index contributed by atoms with van der Waals surface area (Å²) in [6.45, 7) is 0. The summed E-state index contributed by atoms with van der Waals surface area (Å²) < 4.78 is 30.2. The molecule has 0 aliphatic rings. The van der Waals surface area contributed by atoms with E-state index in [1.807, 2.05) is 71.4 Å². The summed E-state index contributed by atoms with van der Waals surface area (Å²) in [6, 6.07) is 21.6. The van der Waals surface area contributed by atoms with E-state index in [0.717, 1.165) is 40.0 Å². The molecule has 0 bridgehead atoms. The highest BCUT2D eigenvalue weighted by Gasteiger charge is 2.12. The van der Waals surface area contributed by atoms with Crippen molar-refractivity contribution in [3.8, 4) is 22.5 Å². The zero-order valence-electron chi connectivity index (χ0n) is 20.7. The summed E-state index contributed by atoms with van der Waals surface area (Å²) >= 11 is 0. The van der Waals surface area contributed by atoms with E-state index in [0.29, 0.717) is 28.3 Å². The summed E-state index contributed by atoms with van der Waals surface area (Å²) in [7, 11) is 0. The third-order valence-electron chi connectivity index (χ3n) is 6.41. The number of aromatic nitrogens is 8. The van der Waals surface area contributed by atoms with Crippen molar-refractivity contribution in [2.24, 2.45) is 0 Å². The summed E-state index contributed by atoms with van der Waals surface area (Å²) in [5, 5.41) is 0. The summed E-state index contributed by atoms with van der Waals surface area (Å²) in [6.07, 6.45) is 10.7. The van der Waals surface area contributed by atoms with Crippen molar-refractivity contribution in [1.82, 2.24) is 38.7 Å². The Morgan fingerprint density at radius 1 is 0.525 bits per heavy atom. The fourth-order valence-corrected chi connectivity index (χ4v) is 4.49. The van der Waals surface area contributed by atoms with Gasteiger partial charge < -0.3 is 0 Å². The van der Waals surface area contributed by atoms with Gasteiger partial charge in [-0.25, -0.2) is 28.7 Å². The molecule has 0 atom stereocenters. The molecule has 0 saturated carbocycles. The third kappa shape index (κ3) is 4.17. The molecule has 6 heterocycles. The lowest BCUT2D eigenvalue weighted by atomic mass is 10.2. The van der Waals surface area contributed by atoms with Crippen LogP contribution < -0.4 is 0 Å². The van der Waals surface area contributed by atoms with Crippen LogP contribution in [-0.4, -0.2) is 38.7 Å². The van der Waals surface area contributed by atoms with Gasteiger partial charge in [0.25, 0.3) is 0 Å². The van der Waals surface area contributed by atoms with Crippen LogP contribution in [-0.2, 0) is 0 Å². The summed E-state index contributed by atoms with van der Waals surface area (Å²) in [4.78, 5) is 25.9. The topological polar surface area (TPSA) is 86.2 Å². The molecule has 0 aliphatic carbocycles. The molecule has 0 spiro atoms. The SMILES string of the molecule is Fc1cc2nc3nc(-c4cccnc4)ccn3c2cc1F.c1cncc(-c2ccn3c(n2)nc2ccccc23)c1. The number of halogens is 2. The number of fused-ring (bicyclic) bond motifs is 6. The van der Waals surface area contributed by atoms with E-state index in [9.17, 15) is 8.78 Å². The van der Waals surface area contributed by atoms with Crippen molar-refractivity contribution in [1.29, 1.82) is 0 Å². The van der Waals surface area contributed by atoms with Gasteiger partial charge in [-0.2, -0.15) is 0 Å². The molecule has 0 radical (unpaired) electrons. The fraction of sp³-hybridized carbons (Fsp3) is 0. The van der Waals surface area contributed by atoms with Gasteiger partial charge in [-0.3, -0.25) is 18.8 Å². The number of benzene rings is 2. The number of nitrogens with zero attached hydrogens (tertiary/aromatic N) is 8. The predicted octanol–water partition coefficient (Wildman–Crippen LogP) is 6.17. The van der Waals surface area contributed by atoms with E-state index in [4.69, 9.17) is 0 Å². The first-order valence-electron chi connectivity index (χ1n) is 12.3. The minimum absolute atomic E-state index is 0.365. The Morgan fingerprint density at radius 2 is 1.10 bits per heavy atom. The monoisotopic (exact) mass is 528 g/mol. The van der Waals surface area contributed by atoms with Crippen LogP contribution in [0.15, 0.2) is 110 Å². The molecule has 0 N–H and O–H groups in total. The van der Waals surface area contributed by atoms with Crippen LogP contribution in [0.2, 0.25) is 0 Å². The standard InChI is InChI=1S/C15H8F2N4.C15H10N4/c16-10-6-13-14(7-11(10)17)21-5-3-12(19-15(21)20-13)9-2-1-4-18-8-9;1-2-6-14-13(5-1)18-15-17-12(7-9-19(14)15)11-4-3-8-16-10-11/h1-8H;1-10H. The number of pyridine rings is 2. The summed E-state index contributed by atoms with van der Waals surface area (Å²) in [5.74, 6) is -0.724. The van der Waals surface area contributed by atoms with Crippen molar-refractivity contribution < 1.29 is 8.78 Å². The first kappa shape index (κ1) is 23.5. The third-order valence-corrected chi connectivity index (χ3v) is 6.41. The van der Waals surface area contributed by atoms with Crippen molar-refractivity contribution in [2.75, 3.05) is 0 Å². The highest BCUT2D eigenvalue weighted by molar-refractivity contribution is 5.81. The molecule has 0 unspecified atom stereocenters. The van der Waals surface area contributed by atoms with Crippen molar-refractivity contribution in [3.05, 3.63) is 122 Å². The fourth-order valence-electron chi connectivity index (χ4n) is 4.49. The molecular weight excluding hydrogens is 510 g/mol. The van der Waals surface area contributed by atoms with Crippen LogP contribution in [0.1, 0.15) is 0 Å². The Morgan fingerprint density at radius 3 is 1.73 bits per heavy atom. The van der Waals surface area contributed by atoms with E-state index in [-0.39, 0.29) is 0 Å². The van der Waals surface area contributed by atoms with Crippen LogP contribution in [0.25, 0.3) is 56.1 Å². The molecule has 2 aromatic carbocycles. The second-order valence-corrected chi connectivity index (χ2v) is 8.92. The maximum atomic E-state index is 13.4. The maximum Gasteiger partial charge on any atom is 0.235 e. The Balaban J connectivity index is 0.000000133. The van der Waals surface area contributed by atoms with Gasteiger partial charge in [0.1, 0.15) is 0 Å². The first-order valence-corrected chi connectivity index (χ1v) is 12.3. The summed E-state index contributed by atoms with van der Waals surface area (Å²) in [5.41, 5.74) is 6.31. The largest absolute Gasteiger partial charge is 0.284 e. The van der Waals surface area contributed by atoms with E-state index in [1.54, 1.807) is 35.3 Å². The van der Waals surface area contributed by atoms with Gasteiger partial charge in [-0.15, -0.1) is 0 Å². The zero-order valence-corrected chi connectivity index (χ0v) is 20.7. The van der Waals surface area contributed by atoms with Gasteiger partial charge >= 0.3 is 0 Å². The molecule has 8 aromatic rings. The predicted molar refractivity (Wildman–Crippen MR) is 147 cm³/mol. The lowest BCUT2D eigenvalue weighted by Gasteiger charge is -2.01. The van der Waals surface area contributed by atoms with Crippen LogP contribution in [0.4, 0.5) is 8.78 Å². The number of rotatable bonds is 2. The molecule has 0 saturated heterocycles. The Kier molecular flexibility index (Phi) is 5.63. The van der Waals surface area contributed by atoms with E-state index < -0.39 is 11.6 Å². The Bertz CT molecular complexity index is 2140. The van der Waals surface area contributed by atoms with Gasteiger partial charge in [0.15, 0.2) is 11.6 Å². The smallest absolute Gasteiger partial charge is 0.235 e. The van der Waals surface area contributed by atoms with Gasteiger partial charge in [0.05, 0.1) is 33.5 Å². The van der Waals surface area contributed by atoms with Gasteiger partial charge in [-0.05, 0) is 48.5 Å². The quantitative estimate of drug-likeness (QED) is 0.267. The second kappa shape index (κ2) is 9.59. The van der Waals surface area contributed by atoms with Crippen LogP contribution in [0.3, 0.4) is 0 Å². The lowest BCUT2D eigenvalue weighted by Crippen LogP contribution is -1.91. The maximum absolute atomic E-state index is 13.4. The van der Waals surface area contributed by atoms with Gasteiger partial charge in [-0.1, -0.05) is 12.1 Å². The molecule has 6 aromatic heterocycles. The number of para-hydroxylation sites is 2. The molecule has 10 heteroatoms. The van der Waals surface area contributed by atoms with E-state index in [1.165, 1.54) is 0 Å². The molecule has 0 aliphatic heterocycles. The first-order chi connectivity index (χ1) is 19.6. The molecular formula is C30H18F2N8. The zero-order chi connectivity index (χ0) is 27.1. The van der Waals surface area contributed by atoms with Crippen LogP contribution in [0, 0.1) is 11.6 Å². The van der Waals surface area contributed by atoms with Crippen molar-refractivity contribution in [2.45, 2.75) is 0 Å². The van der Waals surface area contributed by atoms with E-state index >= 15 is 0 Å². The number of hydrogen-bond acceptors (Lipinski definition) is 6. The minimum atomic E-state index is -0.918. The van der Waals surface area contributed by atoms with Crippen molar-refractivity contribution >= 4 is 33.6 Å². The Labute approximate surface area is 225 Å². The molecule has 0 amide bonds. The second-order valence-electron chi connectivity index (χ2n) is 8.92. The van der Waals surface area contributed by atoms with Gasteiger partial charge in [0, 0.05) is 60.4 Å². The average Bonchev–Trinajstić information content (AvgIpc) is 3.55. The molecule has 8 rings (SSSR count).